The van der Waals surface area contributed by atoms with Gasteiger partial charge in [0, 0.05) is 18.1 Å². The molecule has 1 heteroatoms. The maximum Gasteiger partial charge on any atom is 0.182 e. The Labute approximate surface area is 73.8 Å². The summed E-state index contributed by atoms with van der Waals surface area (Å²) in [7, 11) is 0. The normalized spacial score (nSPS) is 19.3. The lowest BCUT2D eigenvalue weighted by Crippen LogP contribution is -2.16. The second kappa shape index (κ2) is 3.70. The van der Waals surface area contributed by atoms with Crippen molar-refractivity contribution in [1.29, 1.82) is 0 Å². The number of aromatic nitrogens is 1. The van der Waals surface area contributed by atoms with Gasteiger partial charge >= 0.3 is 0 Å². The van der Waals surface area contributed by atoms with Gasteiger partial charge in [-0.15, -0.1) is 0 Å². The fourth-order valence-electron chi connectivity index (χ4n) is 2.07. The van der Waals surface area contributed by atoms with Crippen LogP contribution in [0.15, 0.2) is 24.4 Å². The molecule has 0 radical (unpaired) electrons. The Morgan fingerprint density at radius 3 is 2.58 bits per heavy atom. The molecule has 12 heavy (non-hydrogen) atoms. The minimum atomic E-state index is 0.806. The molecule has 1 N–H and O–H groups in total. The molecular formula is C11H16N+. The lowest BCUT2D eigenvalue weighted by molar-refractivity contribution is -0.393. The van der Waals surface area contributed by atoms with E-state index in [4.69, 9.17) is 0 Å². The van der Waals surface area contributed by atoms with E-state index in [1.54, 1.807) is 0 Å². The number of pyridine rings is 1. The van der Waals surface area contributed by atoms with E-state index in [-0.39, 0.29) is 0 Å². The van der Waals surface area contributed by atoms with E-state index in [0.717, 1.165) is 5.92 Å². The number of nitrogens with one attached hydrogen (secondary N) is 1. The van der Waals surface area contributed by atoms with Crippen LogP contribution in [0.3, 0.4) is 0 Å². The van der Waals surface area contributed by atoms with Gasteiger partial charge in [-0.3, -0.25) is 0 Å². The van der Waals surface area contributed by atoms with Gasteiger partial charge in [-0.05, 0) is 12.8 Å². The zero-order valence-electron chi connectivity index (χ0n) is 7.42. The third-order valence-electron chi connectivity index (χ3n) is 2.78. The first-order valence-electron chi connectivity index (χ1n) is 4.93. The number of hydrogen-bond donors (Lipinski definition) is 0. The zero-order chi connectivity index (χ0) is 8.23. The van der Waals surface area contributed by atoms with E-state index in [0.29, 0.717) is 0 Å². The zero-order valence-corrected chi connectivity index (χ0v) is 7.42. The molecule has 0 saturated heterocycles. The summed E-state index contributed by atoms with van der Waals surface area (Å²) in [6.07, 6.45) is 9.04. The van der Waals surface area contributed by atoms with Crippen molar-refractivity contribution >= 4 is 0 Å². The SMILES string of the molecule is c1ccc(C2CCCCC2)[nH+]c1. The van der Waals surface area contributed by atoms with Crippen molar-refractivity contribution in [3.8, 4) is 0 Å². The molecule has 0 amide bonds. The van der Waals surface area contributed by atoms with Gasteiger partial charge in [0.1, 0.15) is 0 Å². The topological polar surface area (TPSA) is 14.1 Å². The number of rotatable bonds is 1. The molecule has 1 fully saturated rings. The molecule has 1 aromatic heterocycles. The molecule has 1 aliphatic rings. The van der Waals surface area contributed by atoms with E-state index < -0.39 is 0 Å². The summed E-state index contributed by atoms with van der Waals surface area (Å²) in [6, 6.07) is 6.39. The minimum absolute atomic E-state index is 0.806. The first kappa shape index (κ1) is 7.78. The van der Waals surface area contributed by atoms with Gasteiger partial charge in [0.05, 0.1) is 0 Å². The van der Waals surface area contributed by atoms with Gasteiger partial charge in [0.25, 0.3) is 0 Å². The molecule has 0 atom stereocenters. The summed E-state index contributed by atoms with van der Waals surface area (Å²) in [5, 5.41) is 0. The highest BCUT2D eigenvalue weighted by Gasteiger charge is 2.19. The molecular weight excluding hydrogens is 146 g/mol. The van der Waals surface area contributed by atoms with Crippen molar-refractivity contribution < 1.29 is 4.98 Å². The molecule has 1 aromatic rings. The highest BCUT2D eigenvalue weighted by atomic mass is 14.7. The first-order chi connectivity index (χ1) is 5.97. The molecule has 0 aliphatic heterocycles. The number of H-pyrrole nitrogens is 1. The number of hydrogen-bond acceptors (Lipinski definition) is 0. The van der Waals surface area contributed by atoms with E-state index in [9.17, 15) is 0 Å². The summed E-state index contributed by atoms with van der Waals surface area (Å²) < 4.78 is 0. The van der Waals surface area contributed by atoms with Crippen LogP contribution in [0.2, 0.25) is 0 Å². The van der Waals surface area contributed by atoms with Gasteiger partial charge < -0.3 is 0 Å². The van der Waals surface area contributed by atoms with Crippen molar-refractivity contribution in [2.24, 2.45) is 0 Å². The Morgan fingerprint density at radius 2 is 1.92 bits per heavy atom. The Balaban J connectivity index is 2.08. The van der Waals surface area contributed by atoms with Gasteiger partial charge in [-0.25, -0.2) is 4.98 Å². The molecule has 0 bridgehead atoms. The van der Waals surface area contributed by atoms with Crippen LogP contribution in [0.25, 0.3) is 0 Å². The standard InChI is InChI=1S/C11H15N/c1-2-6-10(7-3-1)11-8-4-5-9-12-11/h4-5,8-10H,1-3,6-7H2/p+1. The molecule has 2 rings (SSSR count). The molecule has 1 heterocycles. The van der Waals surface area contributed by atoms with Crippen molar-refractivity contribution in [2.45, 2.75) is 38.0 Å². The van der Waals surface area contributed by atoms with Gasteiger partial charge in [-0.2, -0.15) is 0 Å². The molecule has 1 saturated carbocycles. The average Bonchev–Trinajstić information content (AvgIpc) is 2.21. The first-order valence-corrected chi connectivity index (χ1v) is 4.93. The minimum Gasteiger partial charge on any atom is -0.215 e. The molecule has 1 aliphatic carbocycles. The maximum atomic E-state index is 3.34. The Kier molecular flexibility index (Phi) is 2.40. The van der Waals surface area contributed by atoms with E-state index in [2.05, 4.69) is 17.1 Å². The monoisotopic (exact) mass is 162 g/mol. The van der Waals surface area contributed by atoms with Crippen LogP contribution in [-0.4, -0.2) is 0 Å². The maximum absolute atomic E-state index is 3.34. The summed E-state index contributed by atoms with van der Waals surface area (Å²) in [5.74, 6) is 0.806. The predicted molar refractivity (Wildman–Crippen MR) is 48.8 cm³/mol. The Bertz CT molecular complexity index is 224. The van der Waals surface area contributed by atoms with Crippen molar-refractivity contribution in [1.82, 2.24) is 0 Å². The van der Waals surface area contributed by atoms with Crippen LogP contribution in [0.5, 0.6) is 0 Å². The lowest BCUT2D eigenvalue weighted by atomic mass is 9.87. The van der Waals surface area contributed by atoms with Crippen molar-refractivity contribution in [3.63, 3.8) is 0 Å². The van der Waals surface area contributed by atoms with Crippen LogP contribution in [0.1, 0.15) is 43.7 Å². The molecule has 0 spiro atoms. The van der Waals surface area contributed by atoms with E-state index >= 15 is 0 Å². The van der Waals surface area contributed by atoms with Gasteiger partial charge in [-0.1, -0.05) is 25.3 Å². The van der Waals surface area contributed by atoms with E-state index in [1.807, 2.05) is 12.3 Å². The fourth-order valence-corrected chi connectivity index (χ4v) is 2.07. The second-order valence-electron chi connectivity index (χ2n) is 3.65. The summed E-state index contributed by atoms with van der Waals surface area (Å²) >= 11 is 0. The smallest absolute Gasteiger partial charge is 0.182 e. The third-order valence-corrected chi connectivity index (χ3v) is 2.78. The Hall–Kier alpha value is -0.850. The van der Waals surface area contributed by atoms with E-state index in [1.165, 1.54) is 37.8 Å². The number of aromatic amines is 1. The second-order valence-corrected chi connectivity index (χ2v) is 3.65. The van der Waals surface area contributed by atoms with Crippen LogP contribution in [0.4, 0.5) is 0 Å². The lowest BCUT2D eigenvalue weighted by Gasteiger charge is -2.17. The Morgan fingerprint density at radius 1 is 1.08 bits per heavy atom. The molecule has 0 aromatic carbocycles. The average molecular weight is 162 g/mol. The van der Waals surface area contributed by atoms with Crippen LogP contribution >= 0.6 is 0 Å². The molecule has 1 nitrogen and oxygen atoms in total. The van der Waals surface area contributed by atoms with Crippen LogP contribution in [0, 0.1) is 0 Å². The quantitative estimate of drug-likeness (QED) is 0.602. The van der Waals surface area contributed by atoms with Crippen molar-refractivity contribution in [3.05, 3.63) is 30.1 Å². The largest absolute Gasteiger partial charge is 0.215 e. The predicted octanol–water partition coefficient (Wildman–Crippen LogP) is 2.55. The summed E-state index contributed by atoms with van der Waals surface area (Å²) in [5.41, 5.74) is 1.43. The van der Waals surface area contributed by atoms with Crippen LogP contribution in [-0.2, 0) is 0 Å². The molecule has 64 valence electrons. The van der Waals surface area contributed by atoms with Gasteiger partial charge in [0.15, 0.2) is 11.9 Å². The highest BCUT2D eigenvalue weighted by Crippen LogP contribution is 2.29. The third kappa shape index (κ3) is 1.66. The molecule has 0 unspecified atom stereocenters. The highest BCUT2D eigenvalue weighted by molar-refractivity contribution is 5.03. The van der Waals surface area contributed by atoms with Crippen LogP contribution < -0.4 is 4.98 Å². The van der Waals surface area contributed by atoms with Gasteiger partial charge in [0.2, 0.25) is 0 Å². The summed E-state index contributed by atoms with van der Waals surface area (Å²) in [4.78, 5) is 3.34. The fraction of sp³-hybridized carbons (Fsp3) is 0.545. The summed E-state index contributed by atoms with van der Waals surface area (Å²) in [6.45, 7) is 0. The van der Waals surface area contributed by atoms with Crippen molar-refractivity contribution in [2.75, 3.05) is 0 Å².